The van der Waals surface area contributed by atoms with Crippen molar-refractivity contribution in [2.45, 2.75) is 33.2 Å². The lowest BCUT2D eigenvalue weighted by Gasteiger charge is -2.10. The van der Waals surface area contributed by atoms with Gasteiger partial charge in [0.25, 0.3) is 0 Å². The number of hydrogen-bond acceptors (Lipinski definition) is 5. The van der Waals surface area contributed by atoms with Gasteiger partial charge in [-0.1, -0.05) is 6.92 Å². The standard InChI is InChI=1S/C14H22N6/c1-3-6-12-18-13(15-4-2)11-14(19-12)16-8-10-20-9-5-7-17-20/h5,7,9,11H,3-4,6,8,10H2,1-2H3,(H2,15,16,18,19). The third-order valence-corrected chi connectivity index (χ3v) is 2.81. The molecule has 0 aliphatic heterocycles. The van der Waals surface area contributed by atoms with Gasteiger partial charge in [-0.15, -0.1) is 0 Å². The van der Waals surface area contributed by atoms with E-state index in [1.54, 1.807) is 6.20 Å². The summed E-state index contributed by atoms with van der Waals surface area (Å²) in [6, 6.07) is 3.87. The van der Waals surface area contributed by atoms with Crippen LogP contribution in [0.25, 0.3) is 0 Å². The third kappa shape index (κ3) is 4.22. The van der Waals surface area contributed by atoms with Crippen molar-refractivity contribution in [1.29, 1.82) is 0 Å². The number of aromatic nitrogens is 4. The van der Waals surface area contributed by atoms with Crippen molar-refractivity contribution in [2.75, 3.05) is 23.7 Å². The summed E-state index contributed by atoms with van der Waals surface area (Å²) in [7, 11) is 0. The Bertz CT molecular complexity index is 484. The highest BCUT2D eigenvalue weighted by molar-refractivity contribution is 5.47. The molecule has 0 bridgehead atoms. The van der Waals surface area contributed by atoms with Gasteiger partial charge in [-0.2, -0.15) is 5.10 Å². The van der Waals surface area contributed by atoms with E-state index in [0.29, 0.717) is 0 Å². The quantitative estimate of drug-likeness (QED) is 0.772. The van der Waals surface area contributed by atoms with E-state index in [-0.39, 0.29) is 0 Å². The van der Waals surface area contributed by atoms with Crippen LogP contribution in [0.5, 0.6) is 0 Å². The fourth-order valence-electron chi connectivity index (χ4n) is 1.93. The Balaban J connectivity index is 1.97. The van der Waals surface area contributed by atoms with E-state index in [9.17, 15) is 0 Å². The van der Waals surface area contributed by atoms with Crippen molar-refractivity contribution in [3.63, 3.8) is 0 Å². The Kier molecular flexibility index (Phi) is 5.34. The smallest absolute Gasteiger partial charge is 0.133 e. The van der Waals surface area contributed by atoms with Crippen LogP contribution >= 0.6 is 0 Å². The fraction of sp³-hybridized carbons (Fsp3) is 0.500. The maximum atomic E-state index is 4.53. The number of anilines is 2. The van der Waals surface area contributed by atoms with Crippen LogP contribution in [0.4, 0.5) is 11.6 Å². The second kappa shape index (κ2) is 7.47. The van der Waals surface area contributed by atoms with Crippen molar-refractivity contribution >= 4 is 11.6 Å². The maximum Gasteiger partial charge on any atom is 0.133 e. The SMILES string of the molecule is CCCc1nc(NCC)cc(NCCn2cccn2)n1. The Hall–Kier alpha value is -2.11. The highest BCUT2D eigenvalue weighted by Crippen LogP contribution is 2.12. The zero-order valence-corrected chi connectivity index (χ0v) is 12.1. The summed E-state index contributed by atoms with van der Waals surface area (Å²) in [5.74, 6) is 2.63. The molecule has 0 aliphatic carbocycles. The van der Waals surface area contributed by atoms with Gasteiger partial charge in [-0.3, -0.25) is 4.68 Å². The summed E-state index contributed by atoms with van der Waals surface area (Å²) in [6.07, 6.45) is 5.68. The van der Waals surface area contributed by atoms with Crippen molar-refractivity contribution in [3.8, 4) is 0 Å². The van der Waals surface area contributed by atoms with E-state index in [2.05, 4.69) is 39.5 Å². The highest BCUT2D eigenvalue weighted by atomic mass is 15.3. The molecule has 2 heterocycles. The number of nitrogens with zero attached hydrogens (tertiary/aromatic N) is 4. The highest BCUT2D eigenvalue weighted by Gasteiger charge is 2.03. The zero-order valence-electron chi connectivity index (χ0n) is 12.1. The molecule has 20 heavy (non-hydrogen) atoms. The van der Waals surface area contributed by atoms with Gasteiger partial charge in [0.15, 0.2) is 0 Å². The molecule has 0 saturated heterocycles. The van der Waals surface area contributed by atoms with Crippen LogP contribution in [0, 0.1) is 0 Å². The minimum atomic E-state index is 0.788. The van der Waals surface area contributed by atoms with Gasteiger partial charge < -0.3 is 10.6 Å². The number of aryl methyl sites for hydroxylation is 1. The van der Waals surface area contributed by atoms with Crippen molar-refractivity contribution in [2.24, 2.45) is 0 Å². The number of hydrogen-bond donors (Lipinski definition) is 2. The second-order valence-corrected chi connectivity index (χ2v) is 4.53. The lowest BCUT2D eigenvalue weighted by Crippen LogP contribution is -2.13. The molecule has 6 nitrogen and oxygen atoms in total. The molecule has 0 radical (unpaired) electrons. The largest absolute Gasteiger partial charge is 0.370 e. The van der Waals surface area contributed by atoms with Crippen molar-refractivity contribution < 1.29 is 0 Å². The molecule has 2 rings (SSSR count). The Morgan fingerprint density at radius 1 is 1.15 bits per heavy atom. The minimum Gasteiger partial charge on any atom is -0.370 e. The number of rotatable bonds is 8. The second-order valence-electron chi connectivity index (χ2n) is 4.53. The summed E-state index contributed by atoms with van der Waals surface area (Å²) >= 11 is 0. The van der Waals surface area contributed by atoms with Crippen LogP contribution in [-0.2, 0) is 13.0 Å². The average Bonchev–Trinajstić information content (AvgIpc) is 2.92. The monoisotopic (exact) mass is 274 g/mol. The Morgan fingerprint density at radius 2 is 1.95 bits per heavy atom. The van der Waals surface area contributed by atoms with Crippen molar-refractivity contribution in [3.05, 3.63) is 30.4 Å². The van der Waals surface area contributed by atoms with Crippen LogP contribution in [0.1, 0.15) is 26.1 Å². The first-order valence-electron chi connectivity index (χ1n) is 7.15. The molecule has 0 fully saturated rings. The minimum absolute atomic E-state index is 0.788. The first-order valence-corrected chi connectivity index (χ1v) is 7.15. The van der Waals surface area contributed by atoms with Crippen LogP contribution in [0.15, 0.2) is 24.5 Å². The molecule has 0 spiro atoms. The van der Waals surface area contributed by atoms with Gasteiger partial charge in [-0.05, 0) is 19.4 Å². The molecule has 2 aromatic rings. The lowest BCUT2D eigenvalue weighted by molar-refractivity contribution is 0.636. The molecule has 0 aromatic carbocycles. The van der Waals surface area contributed by atoms with Gasteiger partial charge in [0, 0.05) is 38.0 Å². The summed E-state index contributed by atoms with van der Waals surface area (Å²) in [5, 5.41) is 10.7. The van der Waals surface area contributed by atoms with Gasteiger partial charge >= 0.3 is 0 Å². The summed E-state index contributed by atoms with van der Waals surface area (Å²) in [6.45, 7) is 6.66. The van der Waals surface area contributed by atoms with Gasteiger partial charge in [-0.25, -0.2) is 9.97 Å². The molecule has 0 aliphatic rings. The molecular weight excluding hydrogens is 252 g/mol. The van der Waals surface area contributed by atoms with Gasteiger partial charge in [0.1, 0.15) is 17.5 Å². The Morgan fingerprint density at radius 3 is 2.60 bits per heavy atom. The molecule has 108 valence electrons. The lowest BCUT2D eigenvalue weighted by atomic mass is 10.3. The van der Waals surface area contributed by atoms with E-state index < -0.39 is 0 Å². The molecular formula is C14H22N6. The fourth-order valence-corrected chi connectivity index (χ4v) is 1.93. The van der Waals surface area contributed by atoms with Crippen LogP contribution in [-0.4, -0.2) is 32.8 Å². The predicted octanol–water partition coefficient (Wildman–Crippen LogP) is 2.17. The van der Waals surface area contributed by atoms with E-state index in [1.165, 1.54) is 0 Å². The van der Waals surface area contributed by atoms with E-state index in [4.69, 9.17) is 0 Å². The van der Waals surface area contributed by atoms with Crippen molar-refractivity contribution in [1.82, 2.24) is 19.7 Å². The summed E-state index contributed by atoms with van der Waals surface area (Å²) < 4.78 is 1.90. The topological polar surface area (TPSA) is 67.7 Å². The molecule has 6 heteroatoms. The van der Waals surface area contributed by atoms with Gasteiger partial charge in [0.2, 0.25) is 0 Å². The molecule has 0 saturated carbocycles. The first-order chi connectivity index (χ1) is 9.81. The molecule has 2 N–H and O–H groups in total. The zero-order chi connectivity index (χ0) is 14.2. The first kappa shape index (κ1) is 14.3. The predicted molar refractivity (Wildman–Crippen MR) is 80.9 cm³/mol. The average molecular weight is 274 g/mol. The summed E-state index contributed by atoms with van der Waals surface area (Å²) in [5.41, 5.74) is 0. The van der Waals surface area contributed by atoms with Gasteiger partial charge in [0.05, 0.1) is 6.54 Å². The van der Waals surface area contributed by atoms with Crippen LogP contribution in [0.2, 0.25) is 0 Å². The van der Waals surface area contributed by atoms with E-state index >= 15 is 0 Å². The normalized spacial score (nSPS) is 10.5. The third-order valence-electron chi connectivity index (χ3n) is 2.81. The van der Waals surface area contributed by atoms with Crippen LogP contribution < -0.4 is 10.6 Å². The van der Waals surface area contributed by atoms with Crippen LogP contribution in [0.3, 0.4) is 0 Å². The molecule has 0 unspecified atom stereocenters. The number of nitrogens with one attached hydrogen (secondary N) is 2. The van der Waals surface area contributed by atoms with E-state index in [0.717, 1.165) is 49.9 Å². The molecule has 2 aromatic heterocycles. The molecule has 0 amide bonds. The Labute approximate surface area is 119 Å². The summed E-state index contributed by atoms with van der Waals surface area (Å²) in [4.78, 5) is 9.02. The maximum absolute atomic E-state index is 4.53. The van der Waals surface area contributed by atoms with E-state index in [1.807, 2.05) is 23.0 Å². The molecule has 0 atom stereocenters.